The van der Waals surface area contributed by atoms with Gasteiger partial charge in [-0.05, 0) is 0 Å². The van der Waals surface area contributed by atoms with Crippen LogP contribution in [0.1, 0.15) is 0 Å². The Labute approximate surface area is 84.8 Å². The van der Waals surface area contributed by atoms with Crippen molar-refractivity contribution < 1.29 is 49.6 Å². The largest absolute Gasteiger partial charge is 0.480 e. The van der Waals surface area contributed by atoms with Crippen LogP contribution in [0.25, 0.3) is 0 Å². The molecule has 0 aliphatic carbocycles. The molecule has 13 heavy (non-hydrogen) atoms. The van der Waals surface area contributed by atoms with E-state index in [9.17, 15) is 4.79 Å². The number of carboxylic acid groups (broad SMARTS) is 1. The van der Waals surface area contributed by atoms with Crippen LogP contribution in [0, 0.1) is 0 Å². The van der Waals surface area contributed by atoms with Gasteiger partial charge in [-0.2, -0.15) is 8.42 Å². The predicted octanol–water partition coefficient (Wildman–Crippen LogP) is -2.26. The number of carbonyl (C=O) groups is 1. The fraction of sp³-hybridized carbons (Fsp3) is 0.667. The van der Waals surface area contributed by atoms with Gasteiger partial charge in [-0.3, -0.25) is 13.9 Å². The molecule has 1 radical (unpaired) electrons. The monoisotopic (exact) mass is 266 g/mol. The first-order chi connectivity index (χ1) is 5.18. The Bertz CT molecular complexity index is 218. The maximum absolute atomic E-state index is 9.65. The molecular weight excluding hydrogens is 258 g/mol. The Morgan fingerprint density at radius 2 is 1.62 bits per heavy atom. The molecule has 0 bridgehead atoms. The van der Waals surface area contributed by atoms with Gasteiger partial charge in [0.1, 0.15) is 6.04 Å². The molecule has 0 aromatic rings. The van der Waals surface area contributed by atoms with Crippen molar-refractivity contribution in [3.63, 3.8) is 0 Å². The third-order valence-corrected chi connectivity index (χ3v) is 0.514. The number of aliphatic hydroxyl groups excluding tert-OH is 1. The van der Waals surface area contributed by atoms with E-state index in [-0.39, 0.29) is 17.1 Å². The fourth-order valence-corrected chi connectivity index (χ4v) is 0.0781. The second-order valence-electron chi connectivity index (χ2n) is 1.58. The van der Waals surface area contributed by atoms with Gasteiger partial charge in [-0.1, -0.05) is 0 Å². The zero-order valence-electron chi connectivity index (χ0n) is 6.09. The van der Waals surface area contributed by atoms with Crippen LogP contribution in [0.4, 0.5) is 0 Å². The van der Waals surface area contributed by atoms with Crippen LogP contribution in [0.15, 0.2) is 0 Å². The van der Waals surface area contributed by atoms with E-state index in [1.807, 2.05) is 0 Å². The Kier molecular flexibility index (Phi) is 12.0. The maximum Gasteiger partial charge on any atom is 0.394 e. The summed E-state index contributed by atoms with van der Waals surface area (Å²) in [6.45, 7) is -0.505. The van der Waals surface area contributed by atoms with E-state index >= 15 is 0 Å². The molecule has 0 fully saturated rings. The summed E-state index contributed by atoms with van der Waals surface area (Å²) in [5, 5.41) is 15.9. The molecule has 0 unspecified atom stereocenters. The second kappa shape index (κ2) is 8.38. The summed E-state index contributed by atoms with van der Waals surface area (Å²) in [5.74, 6) is -1.18. The molecule has 85 valence electrons. The van der Waals surface area contributed by atoms with Crippen LogP contribution in [-0.2, 0) is 32.3 Å². The van der Waals surface area contributed by atoms with Crippen LogP contribution in [0.3, 0.4) is 0 Å². The van der Waals surface area contributed by atoms with Gasteiger partial charge in [0.15, 0.2) is 0 Å². The van der Waals surface area contributed by atoms with Gasteiger partial charge in [-0.15, -0.1) is 0 Å². The topological polar surface area (TPSA) is 158 Å². The third-order valence-electron chi connectivity index (χ3n) is 0.514. The molecule has 8 nitrogen and oxygen atoms in total. The van der Waals surface area contributed by atoms with E-state index in [1.54, 1.807) is 0 Å². The van der Waals surface area contributed by atoms with Crippen molar-refractivity contribution in [2.75, 3.05) is 6.61 Å². The molecule has 0 aromatic heterocycles. The van der Waals surface area contributed by atoms with Gasteiger partial charge < -0.3 is 15.9 Å². The molecule has 10 heteroatoms. The zero-order valence-corrected chi connectivity index (χ0v) is 7.84. The summed E-state index contributed by atoms with van der Waals surface area (Å²) < 4.78 is 31.6. The molecule has 0 saturated heterocycles. The number of aliphatic carboxylic acids is 1. The maximum atomic E-state index is 9.65. The van der Waals surface area contributed by atoms with Gasteiger partial charge in [0.05, 0.1) is 6.61 Å². The van der Waals surface area contributed by atoms with Crippen LogP contribution in [0.2, 0.25) is 0 Å². The van der Waals surface area contributed by atoms with Crippen molar-refractivity contribution in [3.05, 3.63) is 0 Å². The van der Waals surface area contributed by atoms with E-state index in [4.69, 9.17) is 33.5 Å². The van der Waals surface area contributed by atoms with E-state index in [2.05, 4.69) is 0 Å². The van der Waals surface area contributed by atoms with Crippen LogP contribution in [0.5, 0.6) is 0 Å². The number of aliphatic hydroxyl groups is 1. The van der Waals surface area contributed by atoms with E-state index in [0.29, 0.717) is 0 Å². The smallest absolute Gasteiger partial charge is 0.394 e. The first-order valence-electron chi connectivity index (χ1n) is 2.47. The van der Waals surface area contributed by atoms with E-state index in [0.717, 1.165) is 0 Å². The molecule has 0 aromatic carbocycles. The average Bonchev–Trinajstić information content (AvgIpc) is 1.82. The normalized spacial score (nSPS) is 11.7. The molecule has 0 amide bonds. The summed E-state index contributed by atoms with van der Waals surface area (Å²) in [6.07, 6.45) is 0. The molecule has 0 heterocycles. The van der Waals surface area contributed by atoms with Gasteiger partial charge in [0.25, 0.3) is 0 Å². The van der Waals surface area contributed by atoms with Crippen molar-refractivity contribution in [2.45, 2.75) is 6.04 Å². The van der Waals surface area contributed by atoms with Gasteiger partial charge in [-0.25, -0.2) is 0 Å². The van der Waals surface area contributed by atoms with Gasteiger partial charge in [0.2, 0.25) is 0 Å². The number of rotatable bonds is 2. The average molecular weight is 267 g/mol. The SMILES string of the molecule is N[C@@H](CO)C(=O)O.O=S(=O)(O)O.[Cu]. The molecule has 0 aliphatic heterocycles. The zero-order chi connectivity index (χ0) is 10.4. The van der Waals surface area contributed by atoms with Crippen molar-refractivity contribution >= 4 is 16.4 Å². The minimum absolute atomic E-state index is 0. The first kappa shape index (κ1) is 18.5. The summed E-state index contributed by atoms with van der Waals surface area (Å²) >= 11 is 0. The summed E-state index contributed by atoms with van der Waals surface area (Å²) in [7, 11) is -4.67. The molecular formula is C3H9CuNO7S. The Balaban J connectivity index is -0.000000150. The van der Waals surface area contributed by atoms with Crippen LogP contribution < -0.4 is 5.73 Å². The Hall–Kier alpha value is -0.221. The summed E-state index contributed by atoms with van der Waals surface area (Å²) in [6, 6.07) is -1.13. The van der Waals surface area contributed by atoms with Crippen LogP contribution in [-0.4, -0.2) is 46.4 Å². The quantitative estimate of drug-likeness (QED) is 0.276. The number of nitrogens with two attached hydrogens (primary N) is 1. The van der Waals surface area contributed by atoms with Crippen molar-refractivity contribution in [1.29, 1.82) is 0 Å². The number of carboxylic acids is 1. The fourth-order valence-electron chi connectivity index (χ4n) is 0.0781. The third kappa shape index (κ3) is 33.7. The van der Waals surface area contributed by atoms with Crippen LogP contribution >= 0.6 is 0 Å². The van der Waals surface area contributed by atoms with Gasteiger partial charge in [0, 0.05) is 17.1 Å². The Morgan fingerprint density at radius 1 is 1.38 bits per heavy atom. The molecule has 1 atom stereocenters. The van der Waals surface area contributed by atoms with Crippen molar-refractivity contribution in [3.8, 4) is 0 Å². The molecule has 0 saturated carbocycles. The van der Waals surface area contributed by atoms with E-state index < -0.39 is 29.0 Å². The molecule has 0 rings (SSSR count). The van der Waals surface area contributed by atoms with Gasteiger partial charge >= 0.3 is 16.4 Å². The van der Waals surface area contributed by atoms with E-state index in [1.165, 1.54) is 0 Å². The van der Waals surface area contributed by atoms with Crippen molar-refractivity contribution in [1.82, 2.24) is 0 Å². The molecule has 6 N–H and O–H groups in total. The minimum atomic E-state index is -4.67. The second-order valence-corrected chi connectivity index (χ2v) is 2.47. The van der Waals surface area contributed by atoms with Crippen molar-refractivity contribution in [2.24, 2.45) is 5.73 Å². The predicted molar refractivity (Wildman–Crippen MR) is 36.9 cm³/mol. The number of hydrogen-bond acceptors (Lipinski definition) is 5. The minimum Gasteiger partial charge on any atom is -0.480 e. The standard InChI is InChI=1S/C3H7NO3.Cu.H2O4S/c4-2(1-5)3(6)7;;1-5(2,3)4/h2,5H,1,4H2,(H,6,7);;(H2,1,2,3,4)/t2-;;/m0../s1. The summed E-state index contributed by atoms with van der Waals surface area (Å²) in [5.41, 5.74) is 4.77. The molecule has 0 spiro atoms. The Morgan fingerprint density at radius 3 is 1.62 bits per heavy atom. The molecule has 0 aliphatic rings. The first-order valence-corrected chi connectivity index (χ1v) is 3.87. The summed E-state index contributed by atoms with van der Waals surface area (Å²) in [4.78, 5) is 9.65. The number of hydrogen-bond donors (Lipinski definition) is 5.